The van der Waals surface area contributed by atoms with Crippen LogP contribution in [0.25, 0.3) is 10.8 Å². The average Bonchev–Trinajstić information content (AvgIpc) is 2.53. The van der Waals surface area contributed by atoms with E-state index in [1.54, 1.807) is 6.07 Å². The van der Waals surface area contributed by atoms with Crippen molar-refractivity contribution in [3.05, 3.63) is 47.0 Å². The van der Waals surface area contributed by atoms with Crippen LogP contribution in [0.5, 0.6) is 0 Å². The Morgan fingerprint density at radius 2 is 1.91 bits per heavy atom. The Hall–Kier alpha value is -1.13. The van der Waals surface area contributed by atoms with Crippen LogP contribution in [0.1, 0.15) is 16.8 Å². The van der Waals surface area contributed by atoms with Crippen molar-refractivity contribution in [2.45, 2.75) is 6.42 Å². The summed E-state index contributed by atoms with van der Waals surface area (Å²) in [5.41, 5.74) is 0.701. The number of fused-ring (bicyclic) bond motifs is 1. The molecule has 0 unspecified atom stereocenters. The molecule has 0 radical (unpaired) electrons. The lowest BCUT2D eigenvalue weighted by atomic mass is 10.0. The first-order valence-electron chi connectivity index (χ1n) is 7.25. The smallest absolute Gasteiger partial charge is 0.164 e. The van der Waals surface area contributed by atoms with E-state index in [-0.39, 0.29) is 18.2 Å². The molecule has 118 valence electrons. The van der Waals surface area contributed by atoms with E-state index in [0.29, 0.717) is 17.0 Å². The molecule has 3 nitrogen and oxygen atoms in total. The summed E-state index contributed by atoms with van der Waals surface area (Å²) in [5.74, 6) is 0.147. The molecule has 0 bridgehead atoms. The predicted octanol–water partition coefficient (Wildman–Crippen LogP) is 3.82. The molecule has 5 heteroatoms. The molecule has 2 aromatic rings. The van der Waals surface area contributed by atoms with Crippen LogP contribution in [0.3, 0.4) is 0 Å². The van der Waals surface area contributed by atoms with Gasteiger partial charge in [0.1, 0.15) is 0 Å². The van der Waals surface area contributed by atoms with Crippen LogP contribution >= 0.6 is 24.0 Å². The zero-order valence-electron chi connectivity index (χ0n) is 12.3. The summed E-state index contributed by atoms with van der Waals surface area (Å²) in [6.45, 7) is 4.12. The zero-order valence-corrected chi connectivity index (χ0v) is 13.8. The van der Waals surface area contributed by atoms with Crippen molar-refractivity contribution in [2.24, 2.45) is 0 Å². The molecule has 1 aliphatic rings. The number of ether oxygens (including phenoxy) is 1. The molecule has 0 aromatic heterocycles. The zero-order chi connectivity index (χ0) is 14.7. The molecular weight excluding hydrogens is 321 g/mol. The van der Waals surface area contributed by atoms with Crippen LogP contribution in [0.4, 0.5) is 0 Å². The third kappa shape index (κ3) is 3.99. The van der Waals surface area contributed by atoms with Crippen molar-refractivity contribution < 1.29 is 9.53 Å². The molecule has 0 N–H and O–H groups in total. The van der Waals surface area contributed by atoms with Crippen molar-refractivity contribution >= 4 is 40.6 Å². The van der Waals surface area contributed by atoms with Gasteiger partial charge in [-0.15, -0.1) is 12.4 Å². The Kier molecular flexibility index (Phi) is 6.21. The minimum absolute atomic E-state index is 0. The van der Waals surface area contributed by atoms with E-state index in [0.717, 1.165) is 43.6 Å². The van der Waals surface area contributed by atoms with Crippen molar-refractivity contribution in [1.82, 2.24) is 4.90 Å². The fourth-order valence-electron chi connectivity index (χ4n) is 2.65. The molecule has 1 saturated heterocycles. The molecule has 0 amide bonds. The minimum atomic E-state index is 0. The third-order valence-electron chi connectivity index (χ3n) is 3.89. The summed E-state index contributed by atoms with van der Waals surface area (Å²) in [4.78, 5) is 14.6. The second-order valence-electron chi connectivity index (χ2n) is 5.31. The van der Waals surface area contributed by atoms with Gasteiger partial charge in [0.15, 0.2) is 5.78 Å². The monoisotopic (exact) mass is 339 g/mol. The first-order valence-corrected chi connectivity index (χ1v) is 7.63. The number of hydrogen-bond donors (Lipinski definition) is 0. The van der Waals surface area contributed by atoms with Crippen LogP contribution in [0, 0.1) is 0 Å². The van der Waals surface area contributed by atoms with Gasteiger partial charge in [0.05, 0.1) is 13.2 Å². The van der Waals surface area contributed by atoms with Crippen LogP contribution in [0.15, 0.2) is 36.4 Å². The van der Waals surface area contributed by atoms with Gasteiger partial charge in [-0.05, 0) is 17.5 Å². The number of carbonyl (C=O) groups excluding carboxylic acids is 1. The number of Topliss-reactive ketones (excluding diaryl/α,β-unsaturated/α-hetero) is 1. The Bertz CT molecular complexity index is 654. The molecule has 0 saturated carbocycles. The minimum Gasteiger partial charge on any atom is -0.379 e. The Balaban J connectivity index is 0.00000176. The molecule has 1 aliphatic heterocycles. The molecule has 3 rings (SSSR count). The molecule has 2 aromatic carbocycles. The van der Waals surface area contributed by atoms with E-state index < -0.39 is 0 Å². The van der Waals surface area contributed by atoms with Crippen molar-refractivity contribution in [3.8, 4) is 0 Å². The molecule has 1 fully saturated rings. The number of carbonyl (C=O) groups is 1. The summed E-state index contributed by atoms with van der Waals surface area (Å²) in [6, 6.07) is 11.6. The first kappa shape index (κ1) is 17.2. The maximum Gasteiger partial charge on any atom is 0.164 e. The van der Waals surface area contributed by atoms with Gasteiger partial charge in [-0.2, -0.15) is 0 Å². The lowest BCUT2D eigenvalue weighted by Crippen LogP contribution is -2.37. The Labute approximate surface area is 141 Å². The van der Waals surface area contributed by atoms with Crippen LogP contribution < -0.4 is 0 Å². The second kappa shape index (κ2) is 7.93. The van der Waals surface area contributed by atoms with Gasteiger partial charge in [-0.1, -0.05) is 35.9 Å². The molecule has 0 atom stereocenters. The van der Waals surface area contributed by atoms with E-state index in [1.165, 1.54) is 0 Å². The van der Waals surface area contributed by atoms with E-state index in [4.69, 9.17) is 16.3 Å². The number of hydrogen-bond acceptors (Lipinski definition) is 3. The highest BCUT2D eigenvalue weighted by Gasteiger charge is 2.14. The summed E-state index contributed by atoms with van der Waals surface area (Å²) >= 11 is 6.28. The largest absolute Gasteiger partial charge is 0.379 e. The molecule has 0 aliphatic carbocycles. The third-order valence-corrected chi connectivity index (χ3v) is 4.20. The van der Waals surface area contributed by atoms with Gasteiger partial charge in [-0.25, -0.2) is 0 Å². The number of nitrogens with zero attached hydrogens (tertiary/aromatic N) is 1. The van der Waals surface area contributed by atoms with Gasteiger partial charge in [0, 0.05) is 42.0 Å². The van der Waals surface area contributed by atoms with Crippen molar-refractivity contribution in [2.75, 3.05) is 32.8 Å². The Morgan fingerprint density at radius 1 is 1.18 bits per heavy atom. The molecule has 0 spiro atoms. The Morgan fingerprint density at radius 3 is 2.68 bits per heavy atom. The number of rotatable bonds is 4. The van der Waals surface area contributed by atoms with E-state index >= 15 is 0 Å². The second-order valence-corrected chi connectivity index (χ2v) is 5.71. The van der Waals surface area contributed by atoms with Crippen LogP contribution in [0.2, 0.25) is 5.02 Å². The topological polar surface area (TPSA) is 29.5 Å². The molecule has 1 heterocycles. The summed E-state index contributed by atoms with van der Waals surface area (Å²) in [6.07, 6.45) is 0.522. The van der Waals surface area contributed by atoms with Crippen LogP contribution in [-0.4, -0.2) is 43.5 Å². The van der Waals surface area contributed by atoms with Gasteiger partial charge >= 0.3 is 0 Å². The van der Waals surface area contributed by atoms with Gasteiger partial charge in [-0.3, -0.25) is 9.69 Å². The maximum absolute atomic E-state index is 12.4. The highest BCUT2D eigenvalue weighted by molar-refractivity contribution is 6.36. The van der Waals surface area contributed by atoms with Crippen molar-refractivity contribution in [3.63, 3.8) is 0 Å². The quantitative estimate of drug-likeness (QED) is 0.793. The lowest BCUT2D eigenvalue weighted by molar-refractivity contribution is 0.0370. The molecule has 22 heavy (non-hydrogen) atoms. The van der Waals surface area contributed by atoms with Crippen LogP contribution in [-0.2, 0) is 4.74 Å². The SMILES string of the molecule is Cl.O=C(CCN1CCOCC1)c1cc(Cl)c2ccccc2c1. The number of ketones is 1. The highest BCUT2D eigenvalue weighted by atomic mass is 35.5. The number of benzene rings is 2. The summed E-state index contributed by atoms with van der Waals surface area (Å²) < 4.78 is 5.31. The van der Waals surface area contributed by atoms with Crippen molar-refractivity contribution in [1.29, 1.82) is 0 Å². The van der Waals surface area contributed by atoms with Gasteiger partial charge in [0.25, 0.3) is 0 Å². The van der Waals surface area contributed by atoms with Gasteiger partial charge in [0.2, 0.25) is 0 Å². The highest BCUT2D eigenvalue weighted by Crippen LogP contribution is 2.25. The fraction of sp³-hybridized carbons (Fsp3) is 0.353. The standard InChI is InChI=1S/C17H18ClNO2.ClH/c18-16-12-14(11-13-3-1-2-4-15(13)16)17(20)5-6-19-7-9-21-10-8-19;/h1-4,11-12H,5-10H2;1H. The summed E-state index contributed by atoms with van der Waals surface area (Å²) in [7, 11) is 0. The summed E-state index contributed by atoms with van der Waals surface area (Å²) in [5, 5.41) is 2.64. The van der Waals surface area contributed by atoms with E-state index in [2.05, 4.69) is 4.90 Å². The average molecular weight is 340 g/mol. The first-order chi connectivity index (χ1) is 10.2. The lowest BCUT2D eigenvalue weighted by Gasteiger charge is -2.26. The maximum atomic E-state index is 12.4. The predicted molar refractivity (Wildman–Crippen MR) is 92.4 cm³/mol. The van der Waals surface area contributed by atoms with E-state index in [9.17, 15) is 4.79 Å². The normalized spacial score (nSPS) is 15.5. The number of morpholine rings is 1. The van der Waals surface area contributed by atoms with E-state index in [1.807, 2.05) is 30.3 Å². The molecular formula is C17H19Cl2NO2. The number of halogens is 2. The fourth-order valence-corrected chi connectivity index (χ4v) is 2.94. The van der Waals surface area contributed by atoms with Gasteiger partial charge < -0.3 is 4.74 Å².